The van der Waals surface area contributed by atoms with Crippen LogP contribution >= 0.6 is 15.9 Å². The van der Waals surface area contributed by atoms with E-state index in [-0.39, 0.29) is 11.9 Å². The van der Waals surface area contributed by atoms with E-state index in [1.165, 1.54) is 0 Å². The zero-order valence-corrected chi connectivity index (χ0v) is 12.2. The Bertz CT molecular complexity index is 428. The molecule has 2 heterocycles. The molecular weight excluding hydrogens is 294 g/mol. The van der Waals surface area contributed by atoms with Crippen LogP contribution in [0.4, 0.5) is 0 Å². The zero-order valence-electron chi connectivity index (χ0n) is 10.6. The van der Waals surface area contributed by atoms with Crippen molar-refractivity contribution in [1.82, 2.24) is 15.6 Å². The van der Waals surface area contributed by atoms with Gasteiger partial charge in [-0.05, 0) is 53.9 Å². The molecule has 0 spiro atoms. The van der Waals surface area contributed by atoms with E-state index in [9.17, 15) is 4.79 Å². The predicted molar refractivity (Wildman–Crippen MR) is 74.4 cm³/mol. The van der Waals surface area contributed by atoms with Gasteiger partial charge in [0.05, 0.1) is 0 Å². The average Bonchev–Trinajstić information content (AvgIpc) is 2.34. The van der Waals surface area contributed by atoms with Gasteiger partial charge in [-0.15, -0.1) is 0 Å². The lowest BCUT2D eigenvalue weighted by Gasteiger charge is -2.35. The fourth-order valence-electron chi connectivity index (χ4n) is 2.38. The molecule has 1 aromatic rings. The number of rotatable bonds is 2. The summed E-state index contributed by atoms with van der Waals surface area (Å²) in [5.74, 6) is 0.363. The van der Waals surface area contributed by atoms with Crippen molar-refractivity contribution in [1.29, 1.82) is 0 Å². The summed E-state index contributed by atoms with van der Waals surface area (Å²) in [5, 5.41) is 6.47. The number of carbonyl (C=O) groups excluding carboxylic acids is 1. The smallest absolute Gasteiger partial charge is 0.271 e. The molecule has 18 heavy (non-hydrogen) atoms. The number of aromatic nitrogens is 1. The Morgan fingerprint density at radius 1 is 1.56 bits per heavy atom. The Morgan fingerprint density at radius 3 is 3.00 bits per heavy atom. The summed E-state index contributed by atoms with van der Waals surface area (Å²) in [6.45, 7) is 5.30. The molecule has 1 aromatic heterocycles. The standard InChI is InChI=1S/C13H18BrN3O/c1-8-5-7-15-9(2)11(8)17-13(18)12-10(14)4-3-6-16-12/h3-4,6,8-9,11,15H,5,7H2,1-2H3,(H,17,18). The first kappa shape index (κ1) is 13.5. The molecule has 0 bridgehead atoms. The number of hydrogen-bond acceptors (Lipinski definition) is 3. The average molecular weight is 312 g/mol. The highest BCUT2D eigenvalue weighted by Gasteiger charge is 2.29. The molecule has 4 nitrogen and oxygen atoms in total. The molecular formula is C13H18BrN3O. The van der Waals surface area contributed by atoms with Gasteiger partial charge in [-0.25, -0.2) is 4.98 Å². The summed E-state index contributed by atoms with van der Waals surface area (Å²) in [4.78, 5) is 16.3. The third-order valence-corrected chi connectivity index (χ3v) is 4.13. The summed E-state index contributed by atoms with van der Waals surface area (Å²) in [7, 11) is 0. The van der Waals surface area contributed by atoms with E-state index in [0.29, 0.717) is 17.7 Å². The summed E-state index contributed by atoms with van der Waals surface area (Å²) in [6, 6.07) is 4.07. The Kier molecular flexibility index (Phi) is 4.35. The normalized spacial score (nSPS) is 27.8. The van der Waals surface area contributed by atoms with Gasteiger partial charge in [-0.3, -0.25) is 4.79 Å². The Labute approximate surface area is 116 Å². The number of carbonyl (C=O) groups is 1. The molecule has 1 amide bonds. The molecule has 0 radical (unpaired) electrons. The Balaban J connectivity index is 2.09. The number of hydrogen-bond donors (Lipinski definition) is 2. The third kappa shape index (κ3) is 2.90. The first-order valence-electron chi connectivity index (χ1n) is 6.24. The number of amides is 1. The van der Waals surface area contributed by atoms with Crippen molar-refractivity contribution in [3.05, 3.63) is 28.5 Å². The van der Waals surface area contributed by atoms with E-state index in [1.807, 2.05) is 6.07 Å². The van der Waals surface area contributed by atoms with E-state index < -0.39 is 0 Å². The van der Waals surface area contributed by atoms with Gasteiger partial charge in [0.1, 0.15) is 5.69 Å². The second kappa shape index (κ2) is 5.80. The summed E-state index contributed by atoms with van der Waals surface area (Å²) in [5.41, 5.74) is 0.447. The van der Waals surface area contributed by atoms with Crippen LogP contribution in [0.3, 0.4) is 0 Å². The molecule has 0 aliphatic carbocycles. The van der Waals surface area contributed by atoms with Gasteiger partial charge in [0.15, 0.2) is 0 Å². The lowest BCUT2D eigenvalue weighted by molar-refractivity contribution is 0.0891. The van der Waals surface area contributed by atoms with Gasteiger partial charge in [0.25, 0.3) is 5.91 Å². The van der Waals surface area contributed by atoms with Gasteiger partial charge >= 0.3 is 0 Å². The highest BCUT2D eigenvalue weighted by atomic mass is 79.9. The maximum atomic E-state index is 12.2. The molecule has 2 rings (SSSR count). The van der Waals surface area contributed by atoms with Gasteiger partial charge in [-0.1, -0.05) is 6.92 Å². The topological polar surface area (TPSA) is 54.0 Å². The van der Waals surface area contributed by atoms with Gasteiger partial charge in [-0.2, -0.15) is 0 Å². The fraction of sp³-hybridized carbons (Fsp3) is 0.538. The fourth-order valence-corrected chi connectivity index (χ4v) is 2.81. The first-order valence-corrected chi connectivity index (χ1v) is 7.03. The number of pyridine rings is 1. The highest BCUT2D eigenvalue weighted by Crippen LogP contribution is 2.18. The molecule has 1 aliphatic rings. The summed E-state index contributed by atoms with van der Waals surface area (Å²) in [6.07, 6.45) is 2.71. The largest absolute Gasteiger partial charge is 0.346 e. The van der Waals surface area contributed by atoms with Crippen LogP contribution in [0.25, 0.3) is 0 Å². The molecule has 3 unspecified atom stereocenters. The zero-order chi connectivity index (χ0) is 13.1. The van der Waals surface area contributed by atoms with Crippen LogP contribution in [0.2, 0.25) is 0 Å². The van der Waals surface area contributed by atoms with Crippen LogP contribution in [-0.2, 0) is 0 Å². The number of nitrogens with one attached hydrogen (secondary N) is 2. The van der Waals surface area contributed by atoms with Crippen molar-refractivity contribution in [2.24, 2.45) is 5.92 Å². The maximum Gasteiger partial charge on any atom is 0.271 e. The van der Waals surface area contributed by atoms with E-state index in [2.05, 4.69) is 45.4 Å². The van der Waals surface area contributed by atoms with Crippen molar-refractivity contribution in [2.45, 2.75) is 32.4 Å². The van der Waals surface area contributed by atoms with Gasteiger partial charge < -0.3 is 10.6 Å². The first-order chi connectivity index (χ1) is 8.59. The van der Waals surface area contributed by atoms with Crippen molar-refractivity contribution in [3.8, 4) is 0 Å². The molecule has 2 N–H and O–H groups in total. The number of piperidine rings is 1. The van der Waals surface area contributed by atoms with Crippen LogP contribution in [0.15, 0.2) is 22.8 Å². The summed E-state index contributed by atoms with van der Waals surface area (Å²) >= 11 is 3.35. The van der Waals surface area contributed by atoms with Gasteiger partial charge in [0, 0.05) is 22.8 Å². The lowest BCUT2D eigenvalue weighted by Crippen LogP contribution is -2.56. The maximum absolute atomic E-state index is 12.2. The van der Waals surface area contributed by atoms with Crippen molar-refractivity contribution >= 4 is 21.8 Å². The third-order valence-electron chi connectivity index (χ3n) is 3.49. The molecule has 1 fully saturated rings. The van der Waals surface area contributed by atoms with Crippen molar-refractivity contribution < 1.29 is 4.79 Å². The number of halogens is 1. The monoisotopic (exact) mass is 311 g/mol. The Hall–Kier alpha value is -0.940. The van der Waals surface area contributed by atoms with E-state index in [1.54, 1.807) is 12.3 Å². The predicted octanol–water partition coefficient (Wildman–Crippen LogP) is 1.96. The van der Waals surface area contributed by atoms with Crippen LogP contribution in [0, 0.1) is 5.92 Å². The van der Waals surface area contributed by atoms with Crippen LogP contribution in [0.5, 0.6) is 0 Å². The molecule has 3 atom stereocenters. The minimum atomic E-state index is -0.116. The quantitative estimate of drug-likeness (QED) is 0.878. The van der Waals surface area contributed by atoms with Crippen LogP contribution < -0.4 is 10.6 Å². The molecule has 0 saturated carbocycles. The molecule has 1 saturated heterocycles. The van der Waals surface area contributed by atoms with Crippen LogP contribution in [0.1, 0.15) is 30.8 Å². The highest BCUT2D eigenvalue weighted by molar-refractivity contribution is 9.10. The second-order valence-corrected chi connectivity index (χ2v) is 5.70. The number of nitrogens with zero attached hydrogens (tertiary/aromatic N) is 1. The van der Waals surface area contributed by atoms with E-state index in [0.717, 1.165) is 17.4 Å². The van der Waals surface area contributed by atoms with E-state index in [4.69, 9.17) is 0 Å². The van der Waals surface area contributed by atoms with Crippen LogP contribution in [-0.4, -0.2) is 29.5 Å². The van der Waals surface area contributed by atoms with Gasteiger partial charge in [0.2, 0.25) is 0 Å². The molecule has 98 valence electrons. The molecule has 1 aliphatic heterocycles. The summed E-state index contributed by atoms with van der Waals surface area (Å²) < 4.78 is 0.728. The van der Waals surface area contributed by atoms with E-state index >= 15 is 0 Å². The SMILES string of the molecule is CC1CCNC(C)C1NC(=O)c1ncccc1Br. The minimum Gasteiger partial charge on any atom is -0.346 e. The Morgan fingerprint density at radius 2 is 2.33 bits per heavy atom. The van der Waals surface area contributed by atoms with Crippen molar-refractivity contribution in [3.63, 3.8) is 0 Å². The van der Waals surface area contributed by atoms with Crippen molar-refractivity contribution in [2.75, 3.05) is 6.54 Å². The minimum absolute atomic E-state index is 0.116. The second-order valence-electron chi connectivity index (χ2n) is 4.84. The lowest BCUT2D eigenvalue weighted by atomic mass is 9.89. The molecule has 5 heteroatoms. The molecule has 0 aromatic carbocycles.